The monoisotopic (exact) mass is 353 g/mol. The van der Waals surface area contributed by atoms with Crippen molar-refractivity contribution in [3.8, 4) is 0 Å². The van der Waals surface area contributed by atoms with Crippen molar-refractivity contribution in [3.63, 3.8) is 0 Å². The highest BCUT2D eigenvalue weighted by Crippen LogP contribution is 2.33. The molecular weight excluding hydrogens is 331 g/mol. The third kappa shape index (κ3) is 4.04. The maximum atomic E-state index is 13.1. The summed E-state index contributed by atoms with van der Waals surface area (Å²) in [7, 11) is 0. The maximum absolute atomic E-state index is 13.1. The zero-order chi connectivity index (χ0) is 18.1. The van der Waals surface area contributed by atoms with Crippen molar-refractivity contribution < 1.29 is 17.9 Å². The highest BCUT2D eigenvalue weighted by atomic mass is 19.4. The van der Waals surface area contributed by atoms with Crippen molar-refractivity contribution in [3.05, 3.63) is 36.0 Å². The lowest BCUT2D eigenvalue weighted by molar-refractivity contribution is -0.140. The number of rotatable bonds is 4. The number of morpholine rings is 1. The number of anilines is 1. The number of benzene rings is 1. The highest BCUT2D eigenvalue weighted by molar-refractivity contribution is 5.91. The molecule has 136 valence electrons. The first-order valence-electron chi connectivity index (χ1n) is 8.31. The van der Waals surface area contributed by atoms with Gasteiger partial charge in [-0.05, 0) is 26.0 Å². The summed E-state index contributed by atoms with van der Waals surface area (Å²) in [5.74, 6) is 0. The fraction of sp³-hybridized carbons (Fsp3) is 0.500. The molecule has 3 rings (SSSR count). The Balaban J connectivity index is 1.87. The fourth-order valence-electron chi connectivity index (χ4n) is 3.06. The SMILES string of the molecule is CC(C)(CNc1cc(C(F)(F)F)nc2ccccc12)N1CCOCC1. The molecule has 0 aliphatic carbocycles. The Morgan fingerprint density at radius 2 is 1.84 bits per heavy atom. The number of hydrogen-bond donors (Lipinski definition) is 1. The van der Waals surface area contributed by atoms with E-state index in [1.54, 1.807) is 24.3 Å². The first-order chi connectivity index (χ1) is 11.8. The predicted molar refractivity (Wildman–Crippen MR) is 91.7 cm³/mol. The average molecular weight is 353 g/mol. The molecule has 0 spiro atoms. The van der Waals surface area contributed by atoms with Gasteiger partial charge in [-0.25, -0.2) is 4.98 Å². The van der Waals surface area contributed by atoms with Crippen molar-refractivity contribution >= 4 is 16.6 Å². The molecule has 0 saturated carbocycles. The molecule has 1 aromatic carbocycles. The molecule has 0 bridgehead atoms. The molecule has 7 heteroatoms. The quantitative estimate of drug-likeness (QED) is 0.908. The summed E-state index contributed by atoms with van der Waals surface area (Å²) < 4.78 is 44.8. The van der Waals surface area contributed by atoms with Gasteiger partial charge in [0.05, 0.1) is 18.7 Å². The Labute approximate surface area is 145 Å². The Kier molecular flexibility index (Phi) is 4.88. The zero-order valence-corrected chi connectivity index (χ0v) is 14.4. The molecule has 0 atom stereocenters. The van der Waals surface area contributed by atoms with E-state index in [0.717, 1.165) is 19.2 Å². The van der Waals surface area contributed by atoms with E-state index < -0.39 is 11.9 Å². The summed E-state index contributed by atoms with van der Waals surface area (Å²) in [5.41, 5.74) is -0.284. The standard InChI is InChI=1S/C18H22F3N3O/c1-17(2,24-7-9-25-10-8-24)12-22-15-11-16(18(19,20)21)23-14-6-4-3-5-13(14)15/h3-6,11H,7-10,12H2,1-2H3,(H,22,23). The summed E-state index contributed by atoms with van der Waals surface area (Å²) >= 11 is 0. The minimum atomic E-state index is -4.47. The van der Waals surface area contributed by atoms with Gasteiger partial charge in [-0.1, -0.05) is 18.2 Å². The van der Waals surface area contributed by atoms with Crippen LogP contribution in [0.5, 0.6) is 0 Å². The molecule has 1 aliphatic heterocycles. The molecule has 1 N–H and O–H groups in total. The summed E-state index contributed by atoms with van der Waals surface area (Å²) in [6, 6.07) is 7.97. The molecule has 2 aromatic rings. The van der Waals surface area contributed by atoms with Crippen molar-refractivity contribution in [2.24, 2.45) is 0 Å². The number of pyridine rings is 1. The third-order valence-electron chi connectivity index (χ3n) is 4.59. The second kappa shape index (κ2) is 6.80. The Hall–Kier alpha value is -1.86. The number of para-hydroxylation sites is 1. The van der Waals surface area contributed by atoms with Gasteiger partial charge >= 0.3 is 6.18 Å². The van der Waals surface area contributed by atoms with Crippen molar-refractivity contribution in [2.45, 2.75) is 25.6 Å². The lowest BCUT2D eigenvalue weighted by Gasteiger charge is -2.41. The Bertz CT molecular complexity index is 740. The molecule has 0 radical (unpaired) electrons. The number of halogens is 3. The number of nitrogens with one attached hydrogen (secondary N) is 1. The number of ether oxygens (including phenoxy) is 1. The van der Waals surface area contributed by atoms with Crippen molar-refractivity contribution in [1.82, 2.24) is 9.88 Å². The summed E-state index contributed by atoms with van der Waals surface area (Å²) in [4.78, 5) is 6.04. The van der Waals surface area contributed by atoms with E-state index in [9.17, 15) is 13.2 Å². The number of aromatic nitrogens is 1. The first-order valence-corrected chi connectivity index (χ1v) is 8.31. The van der Waals surface area contributed by atoms with Crippen LogP contribution in [-0.2, 0) is 10.9 Å². The van der Waals surface area contributed by atoms with Crippen LogP contribution < -0.4 is 5.32 Å². The van der Waals surface area contributed by atoms with Crippen LogP contribution in [0.1, 0.15) is 19.5 Å². The van der Waals surface area contributed by atoms with Gasteiger partial charge < -0.3 is 10.1 Å². The van der Waals surface area contributed by atoms with Gasteiger partial charge in [0.2, 0.25) is 0 Å². The molecule has 1 aromatic heterocycles. The highest BCUT2D eigenvalue weighted by Gasteiger charge is 2.34. The van der Waals surface area contributed by atoms with Crippen LogP contribution in [0.3, 0.4) is 0 Å². The molecule has 0 unspecified atom stereocenters. The van der Waals surface area contributed by atoms with E-state index in [4.69, 9.17) is 4.74 Å². The van der Waals surface area contributed by atoms with E-state index in [2.05, 4.69) is 29.0 Å². The van der Waals surface area contributed by atoms with E-state index in [-0.39, 0.29) is 5.54 Å². The molecule has 1 fully saturated rings. The maximum Gasteiger partial charge on any atom is 0.433 e. The summed E-state index contributed by atoms with van der Waals surface area (Å²) in [5, 5.41) is 3.90. The molecular formula is C18H22F3N3O. The molecule has 0 amide bonds. The number of nitrogens with zero attached hydrogens (tertiary/aromatic N) is 2. The van der Waals surface area contributed by atoms with Crippen LogP contribution >= 0.6 is 0 Å². The van der Waals surface area contributed by atoms with Gasteiger partial charge in [0.15, 0.2) is 0 Å². The molecule has 1 aliphatic rings. The lowest BCUT2D eigenvalue weighted by Crippen LogP contribution is -2.53. The van der Waals surface area contributed by atoms with E-state index >= 15 is 0 Å². The van der Waals surface area contributed by atoms with E-state index in [1.165, 1.54) is 0 Å². The van der Waals surface area contributed by atoms with Crippen LogP contribution in [-0.4, -0.2) is 48.3 Å². The second-order valence-corrected chi connectivity index (χ2v) is 6.84. The summed E-state index contributed by atoms with van der Waals surface area (Å²) in [6.45, 7) is 7.69. The van der Waals surface area contributed by atoms with Gasteiger partial charge in [-0.15, -0.1) is 0 Å². The molecule has 1 saturated heterocycles. The van der Waals surface area contributed by atoms with Gasteiger partial charge in [-0.2, -0.15) is 13.2 Å². The summed E-state index contributed by atoms with van der Waals surface area (Å²) in [6.07, 6.45) is -4.47. The fourth-order valence-corrected chi connectivity index (χ4v) is 3.06. The second-order valence-electron chi connectivity index (χ2n) is 6.84. The van der Waals surface area contributed by atoms with E-state index in [0.29, 0.717) is 36.3 Å². The number of hydrogen-bond acceptors (Lipinski definition) is 4. The van der Waals surface area contributed by atoms with Crippen LogP contribution in [0.25, 0.3) is 10.9 Å². The lowest BCUT2D eigenvalue weighted by atomic mass is 10.0. The Morgan fingerprint density at radius 3 is 2.52 bits per heavy atom. The molecule has 4 nitrogen and oxygen atoms in total. The van der Waals surface area contributed by atoms with Gasteiger partial charge in [0.25, 0.3) is 0 Å². The zero-order valence-electron chi connectivity index (χ0n) is 14.4. The minimum Gasteiger partial charge on any atom is -0.383 e. The predicted octanol–water partition coefficient (Wildman–Crippen LogP) is 3.78. The molecule has 2 heterocycles. The van der Waals surface area contributed by atoms with Crippen molar-refractivity contribution in [2.75, 3.05) is 38.2 Å². The van der Waals surface area contributed by atoms with Crippen LogP contribution in [0.4, 0.5) is 18.9 Å². The first kappa shape index (κ1) is 17.9. The van der Waals surface area contributed by atoms with Crippen LogP contribution in [0.15, 0.2) is 30.3 Å². The molecule has 25 heavy (non-hydrogen) atoms. The topological polar surface area (TPSA) is 37.4 Å². The van der Waals surface area contributed by atoms with Crippen molar-refractivity contribution in [1.29, 1.82) is 0 Å². The minimum absolute atomic E-state index is 0.202. The number of fused-ring (bicyclic) bond motifs is 1. The Morgan fingerprint density at radius 1 is 1.16 bits per heavy atom. The van der Waals surface area contributed by atoms with Crippen LogP contribution in [0.2, 0.25) is 0 Å². The third-order valence-corrected chi connectivity index (χ3v) is 4.59. The number of alkyl halides is 3. The van der Waals surface area contributed by atoms with E-state index in [1.807, 2.05) is 0 Å². The average Bonchev–Trinajstić information content (AvgIpc) is 2.59. The largest absolute Gasteiger partial charge is 0.433 e. The van der Waals surface area contributed by atoms with Crippen LogP contribution in [0, 0.1) is 0 Å². The van der Waals surface area contributed by atoms with Gasteiger partial charge in [-0.3, -0.25) is 4.90 Å². The normalized spacial score (nSPS) is 17.0. The van der Waals surface area contributed by atoms with Gasteiger partial charge in [0.1, 0.15) is 5.69 Å². The smallest absolute Gasteiger partial charge is 0.383 e. The van der Waals surface area contributed by atoms with Gasteiger partial charge in [0, 0.05) is 36.2 Å².